The number of likely N-dealkylation sites (tertiary alicyclic amines) is 1. The highest BCUT2D eigenvalue weighted by Crippen LogP contribution is 2.13. The summed E-state index contributed by atoms with van der Waals surface area (Å²) in [6.07, 6.45) is 2.27. The van der Waals surface area contributed by atoms with E-state index in [1.54, 1.807) is 7.11 Å². The van der Waals surface area contributed by atoms with E-state index in [4.69, 9.17) is 4.74 Å². The first-order chi connectivity index (χ1) is 8.76. The first-order valence-corrected chi connectivity index (χ1v) is 6.96. The zero-order valence-electron chi connectivity index (χ0n) is 12.4. The predicted molar refractivity (Wildman–Crippen MR) is 91.5 cm³/mol. The van der Waals surface area contributed by atoms with Gasteiger partial charge >= 0.3 is 0 Å². The second kappa shape index (κ2) is 11.7. The Balaban J connectivity index is 0.00000324. The summed E-state index contributed by atoms with van der Waals surface area (Å²) >= 11 is 0. The molecular formula is C13H29IN4O. The summed E-state index contributed by atoms with van der Waals surface area (Å²) in [6, 6.07) is 0. The minimum absolute atomic E-state index is 0. The van der Waals surface area contributed by atoms with Gasteiger partial charge in [-0.1, -0.05) is 0 Å². The van der Waals surface area contributed by atoms with Gasteiger partial charge in [0, 0.05) is 39.9 Å². The Kier molecular flexibility index (Phi) is 11.7. The van der Waals surface area contributed by atoms with Gasteiger partial charge in [0.05, 0.1) is 0 Å². The Hall–Kier alpha value is -0.0800. The molecule has 0 amide bonds. The minimum Gasteiger partial charge on any atom is -0.385 e. The van der Waals surface area contributed by atoms with Crippen molar-refractivity contribution in [2.75, 3.05) is 53.5 Å². The van der Waals surface area contributed by atoms with Crippen LogP contribution in [-0.4, -0.2) is 64.3 Å². The van der Waals surface area contributed by atoms with Crippen LogP contribution in [0.3, 0.4) is 0 Å². The quantitative estimate of drug-likeness (QED) is 0.299. The Morgan fingerprint density at radius 3 is 2.79 bits per heavy atom. The number of halogens is 1. The van der Waals surface area contributed by atoms with Crippen molar-refractivity contribution < 1.29 is 4.74 Å². The first-order valence-electron chi connectivity index (χ1n) is 6.96. The molecular weight excluding hydrogens is 355 g/mol. The van der Waals surface area contributed by atoms with E-state index in [1.165, 1.54) is 19.5 Å². The zero-order chi connectivity index (χ0) is 13.2. The van der Waals surface area contributed by atoms with Gasteiger partial charge in [-0.2, -0.15) is 0 Å². The predicted octanol–water partition coefficient (Wildman–Crippen LogP) is 1.15. The molecule has 19 heavy (non-hydrogen) atoms. The van der Waals surface area contributed by atoms with Crippen LogP contribution in [0, 0.1) is 5.92 Å². The van der Waals surface area contributed by atoms with Gasteiger partial charge in [0.15, 0.2) is 5.96 Å². The lowest BCUT2D eigenvalue weighted by Gasteiger charge is -2.13. The second-order valence-corrected chi connectivity index (χ2v) is 4.91. The monoisotopic (exact) mass is 384 g/mol. The number of rotatable bonds is 7. The van der Waals surface area contributed by atoms with Crippen molar-refractivity contribution in [2.24, 2.45) is 10.9 Å². The van der Waals surface area contributed by atoms with Gasteiger partial charge in [-0.25, -0.2) is 0 Å². The van der Waals surface area contributed by atoms with Crippen LogP contribution in [0.2, 0.25) is 0 Å². The lowest BCUT2D eigenvalue weighted by molar-refractivity contribution is 0.195. The van der Waals surface area contributed by atoms with Crippen molar-refractivity contribution in [3.05, 3.63) is 0 Å². The number of guanidine groups is 1. The summed E-state index contributed by atoms with van der Waals surface area (Å²) in [5, 5.41) is 6.62. The molecule has 1 aliphatic heterocycles. The van der Waals surface area contributed by atoms with Crippen LogP contribution < -0.4 is 10.6 Å². The highest BCUT2D eigenvalue weighted by atomic mass is 127. The average Bonchev–Trinajstić information content (AvgIpc) is 2.77. The summed E-state index contributed by atoms with van der Waals surface area (Å²) < 4.78 is 5.03. The van der Waals surface area contributed by atoms with Gasteiger partial charge in [-0.15, -0.1) is 24.0 Å². The second-order valence-electron chi connectivity index (χ2n) is 4.91. The lowest BCUT2D eigenvalue weighted by Crippen LogP contribution is -2.38. The van der Waals surface area contributed by atoms with Crippen molar-refractivity contribution in [1.29, 1.82) is 0 Å². The number of ether oxygens (including phenoxy) is 1. The lowest BCUT2D eigenvalue weighted by atomic mass is 10.1. The van der Waals surface area contributed by atoms with Gasteiger partial charge in [0.1, 0.15) is 0 Å². The highest BCUT2D eigenvalue weighted by molar-refractivity contribution is 14.0. The Bertz CT molecular complexity index is 251. The standard InChI is InChI=1S/C13H28N4O.HI/c1-4-14-13(15-7-5-9-18-3)16-10-12-6-8-17(2)11-12;/h12H,4-11H2,1-3H3,(H2,14,15,16);1H. The maximum absolute atomic E-state index is 5.03. The van der Waals surface area contributed by atoms with Crippen LogP contribution in [0.1, 0.15) is 19.8 Å². The van der Waals surface area contributed by atoms with Gasteiger partial charge in [-0.3, -0.25) is 4.99 Å². The largest absolute Gasteiger partial charge is 0.385 e. The third-order valence-corrected chi connectivity index (χ3v) is 3.16. The van der Waals surface area contributed by atoms with Crippen molar-refractivity contribution in [3.8, 4) is 0 Å². The number of hydrogen-bond acceptors (Lipinski definition) is 3. The maximum Gasteiger partial charge on any atom is 0.191 e. The normalized spacial score (nSPS) is 20.2. The number of aliphatic imine (C=N–C) groups is 1. The van der Waals surface area contributed by atoms with E-state index in [2.05, 4.69) is 34.5 Å². The number of nitrogens with zero attached hydrogens (tertiary/aromatic N) is 2. The first kappa shape index (κ1) is 18.9. The van der Waals surface area contributed by atoms with Gasteiger partial charge in [0.2, 0.25) is 0 Å². The summed E-state index contributed by atoms with van der Waals surface area (Å²) in [7, 11) is 3.91. The average molecular weight is 384 g/mol. The third-order valence-electron chi connectivity index (χ3n) is 3.16. The highest BCUT2D eigenvalue weighted by Gasteiger charge is 2.18. The fourth-order valence-corrected chi connectivity index (χ4v) is 2.16. The van der Waals surface area contributed by atoms with E-state index >= 15 is 0 Å². The van der Waals surface area contributed by atoms with E-state index in [0.29, 0.717) is 5.92 Å². The molecule has 0 aromatic carbocycles. The molecule has 6 heteroatoms. The zero-order valence-corrected chi connectivity index (χ0v) is 14.8. The van der Waals surface area contributed by atoms with E-state index in [-0.39, 0.29) is 24.0 Å². The van der Waals surface area contributed by atoms with Crippen molar-refractivity contribution in [1.82, 2.24) is 15.5 Å². The number of methoxy groups -OCH3 is 1. The van der Waals surface area contributed by atoms with Crippen LogP contribution in [-0.2, 0) is 4.74 Å². The molecule has 2 N–H and O–H groups in total. The Morgan fingerprint density at radius 1 is 1.42 bits per heavy atom. The molecule has 0 aliphatic carbocycles. The summed E-state index contributed by atoms with van der Waals surface area (Å²) in [6.45, 7) is 8.00. The van der Waals surface area contributed by atoms with Crippen molar-refractivity contribution in [3.63, 3.8) is 0 Å². The van der Waals surface area contributed by atoms with E-state index in [0.717, 1.165) is 38.6 Å². The fourth-order valence-electron chi connectivity index (χ4n) is 2.16. The van der Waals surface area contributed by atoms with Gasteiger partial charge in [0.25, 0.3) is 0 Å². The molecule has 1 aliphatic rings. The van der Waals surface area contributed by atoms with Crippen LogP contribution >= 0.6 is 24.0 Å². The molecule has 1 unspecified atom stereocenters. The Labute approximate surface area is 134 Å². The van der Waals surface area contributed by atoms with Gasteiger partial charge < -0.3 is 20.3 Å². The maximum atomic E-state index is 5.03. The van der Waals surface area contributed by atoms with Crippen molar-refractivity contribution in [2.45, 2.75) is 19.8 Å². The molecule has 0 aromatic heterocycles. The molecule has 114 valence electrons. The van der Waals surface area contributed by atoms with Crippen LogP contribution in [0.25, 0.3) is 0 Å². The SMILES string of the molecule is CCNC(=NCC1CCN(C)C1)NCCCOC.I. The van der Waals surface area contributed by atoms with E-state index < -0.39 is 0 Å². The van der Waals surface area contributed by atoms with E-state index in [1.807, 2.05) is 0 Å². The smallest absolute Gasteiger partial charge is 0.191 e. The van der Waals surface area contributed by atoms with Crippen LogP contribution in [0.15, 0.2) is 4.99 Å². The van der Waals surface area contributed by atoms with Gasteiger partial charge in [-0.05, 0) is 39.3 Å². The number of nitrogens with one attached hydrogen (secondary N) is 2. The molecule has 1 saturated heterocycles. The summed E-state index contributed by atoms with van der Waals surface area (Å²) in [5.74, 6) is 1.65. The van der Waals surface area contributed by atoms with Crippen molar-refractivity contribution >= 4 is 29.9 Å². The molecule has 1 fully saturated rings. The number of hydrogen-bond donors (Lipinski definition) is 2. The molecule has 5 nitrogen and oxygen atoms in total. The third kappa shape index (κ3) is 8.65. The molecule has 0 bridgehead atoms. The van der Waals surface area contributed by atoms with Crippen LogP contribution in [0.5, 0.6) is 0 Å². The molecule has 1 atom stereocenters. The minimum atomic E-state index is 0. The summed E-state index contributed by atoms with van der Waals surface area (Å²) in [4.78, 5) is 7.03. The Morgan fingerprint density at radius 2 is 2.21 bits per heavy atom. The molecule has 0 aromatic rings. The topological polar surface area (TPSA) is 48.9 Å². The van der Waals surface area contributed by atoms with E-state index in [9.17, 15) is 0 Å². The fraction of sp³-hybridized carbons (Fsp3) is 0.923. The molecule has 0 spiro atoms. The molecule has 0 radical (unpaired) electrons. The molecule has 1 heterocycles. The molecule has 0 saturated carbocycles. The molecule has 1 rings (SSSR count). The summed E-state index contributed by atoms with van der Waals surface area (Å²) in [5.41, 5.74) is 0. The van der Waals surface area contributed by atoms with Crippen LogP contribution in [0.4, 0.5) is 0 Å².